The van der Waals surface area contributed by atoms with Gasteiger partial charge in [0.1, 0.15) is 0 Å². The molecule has 19 heavy (non-hydrogen) atoms. The van der Waals surface area contributed by atoms with Gasteiger partial charge in [0, 0.05) is 18.1 Å². The number of aromatic nitrogens is 1. The smallest absolute Gasteiger partial charge is 0.171 e. The molecule has 0 bridgehead atoms. The molecule has 0 amide bonds. The predicted molar refractivity (Wildman–Crippen MR) is 83.2 cm³/mol. The molecule has 2 rings (SSSR count). The van der Waals surface area contributed by atoms with Crippen molar-refractivity contribution in [1.82, 2.24) is 10.3 Å². The Kier molecular flexibility index (Phi) is 4.47. The van der Waals surface area contributed by atoms with Gasteiger partial charge in [0.05, 0.1) is 6.04 Å². The lowest BCUT2D eigenvalue weighted by molar-refractivity contribution is 0.721. The minimum atomic E-state index is 0.146. The summed E-state index contributed by atoms with van der Waals surface area (Å²) in [6.07, 6.45) is 3.56. The van der Waals surface area contributed by atoms with Crippen LogP contribution < -0.4 is 10.6 Å². The second-order valence-electron chi connectivity index (χ2n) is 4.47. The van der Waals surface area contributed by atoms with Crippen LogP contribution in [0, 0.1) is 6.92 Å². The number of nitrogens with one attached hydrogen (secondary N) is 2. The van der Waals surface area contributed by atoms with Gasteiger partial charge in [-0.3, -0.25) is 4.98 Å². The first-order valence-corrected chi connectivity index (χ1v) is 6.60. The van der Waals surface area contributed by atoms with Gasteiger partial charge in [-0.25, -0.2) is 0 Å². The van der Waals surface area contributed by atoms with Crippen LogP contribution in [0.2, 0.25) is 0 Å². The average Bonchev–Trinajstić information content (AvgIpc) is 2.39. The Balaban J connectivity index is 1.95. The maximum absolute atomic E-state index is 5.32. The molecule has 1 aromatic carbocycles. The maximum Gasteiger partial charge on any atom is 0.171 e. The van der Waals surface area contributed by atoms with Crippen LogP contribution in [0.1, 0.15) is 24.1 Å². The van der Waals surface area contributed by atoms with Crippen LogP contribution >= 0.6 is 12.2 Å². The van der Waals surface area contributed by atoms with Gasteiger partial charge in [-0.15, -0.1) is 0 Å². The SMILES string of the molecule is Cc1cccc(NC(=S)N[C@@H](C)c2ccncc2)c1. The molecule has 98 valence electrons. The minimum absolute atomic E-state index is 0.146. The van der Waals surface area contributed by atoms with E-state index in [0.29, 0.717) is 5.11 Å². The van der Waals surface area contributed by atoms with Crippen LogP contribution in [-0.4, -0.2) is 10.1 Å². The zero-order chi connectivity index (χ0) is 13.7. The van der Waals surface area contributed by atoms with Crippen molar-refractivity contribution in [2.75, 3.05) is 5.32 Å². The summed E-state index contributed by atoms with van der Waals surface area (Å²) in [7, 11) is 0. The van der Waals surface area contributed by atoms with Crippen molar-refractivity contribution in [3.05, 3.63) is 59.9 Å². The summed E-state index contributed by atoms with van der Waals surface area (Å²) >= 11 is 5.32. The van der Waals surface area contributed by atoms with Crippen LogP contribution in [-0.2, 0) is 0 Å². The molecule has 0 aliphatic rings. The first-order chi connectivity index (χ1) is 9.15. The Morgan fingerprint density at radius 2 is 1.95 bits per heavy atom. The van der Waals surface area contributed by atoms with Crippen molar-refractivity contribution in [3.8, 4) is 0 Å². The molecular weight excluding hydrogens is 254 g/mol. The highest BCUT2D eigenvalue weighted by atomic mass is 32.1. The maximum atomic E-state index is 5.32. The Morgan fingerprint density at radius 3 is 2.63 bits per heavy atom. The fourth-order valence-corrected chi connectivity index (χ4v) is 2.12. The number of rotatable bonds is 3. The van der Waals surface area contributed by atoms with Gasteiger partial charge in [-0.1, -0.05) is 12.1 Å². The van der Waals surface area contributed by atoms with Crippen LogP contribution in [0.15, 0.2) is 48.8 Å². The molecular formula is C15H17N3S. The van der Waals surface area contributed by atoms with Gasteiger partial charge >= 0.3 is 0 Å². The second-order valence-corrected chi connectivity index (χ2v) is 4.88. The lowest BCUT2D eigenvalue weighted by atomic mass is 10.1. The Labute approximate surface area is 119 Å². The summed E-state index contributed by atoms with van der Waals surface area (Å²) in [6, 6.07) is 12.2. The molecule has 0 unspecified atom stereocenters. The molecule has 0 saturated carbocycles. The molecule has 3 nitrogen and oxygen atoms in total. The molecule has 1 aromatic heterocycles. The summed E-state index contributed by atoms with van der Waals surface area (Å²) in [6.45, 7) is 4.13. The number of hydrogen-bond acceptors (Lipinski definition) is 2. The highest BCUT2D eigenvalue weighted by molar-refractivity contribution is 7.80. The Morgan fingerprint density at radius 1 is 1.21 bits per heavy atom. The van der Waals surface area contributed by atoms with Crippen molar-refractivity contribution in [1.29, 1.82) is 0 Å². The third-order valence-corrected chi connectivity index (χ3v) is 3.05. The third-order valence-electron chi connectivity index (χ3n) is 2.83. The third kappa shape index (κ3) is 4.03. The average molecular weight is 271 g/mol. The molecule has 2 N–H and O–H groups in total. The Bertz CT molecular complexity index is 554. The molecule has 1 atom stereocenters. The first-order valence-electron chi connectivity index (χ1n) is 6.19. The van der Waals surface area contributed by atoms with E-state index in [0.717, 1.165) is 11.3 Å². The van der Waals surface area contributed by atoms with Crippen molar-refractivity contribution < 1.29 is 0 Å². The molecule has 0 aliphatic heterocycles. The number of nitrogens with zero attached hydrogens (tertiary/aromatic N) is 1. The number of pyridine rings is 1. The zero-order valence-corrected chi connectivity index (χ0v) is 11.9. The quantitative estimate of drug-likeness (QED) is 0.839. The number of aryl methyl sites for hydroxylation is 1. The molecule has 4 heteroatoms. The molecule has 0 spiro atoms. The van der Waals surface area contributed by atoms with Crippen molar-refractivity contribution in [3.63, 3.8) is 0 Å². The summed E-state index contributed by atoms with van der Waals surface area (Å²) < 4.78 is 0. The summed E-state index contributed by atoms with van der Waals surface area (Å²) in [5.74, 6) is 0. The van der Waals surface area contributed by atoms with Crippen molar-refractivity contribution in [2.24, 2.45) is 0 Å². The summed E-state index contributed by atoms with van der Waals surface area (Å²) in [5, 5.41) is 7.07. The van der Waals surface area contributed by atoms with Crippen LogP contribution in [0.5, 0.6) is 0 Å². The molecule has 1 heterocycles. The van der Waals surface area contributed by atoms with Gasteiger partial charge in [-0.05, 0) is 61.5 Å². The molecule has 0 radical (unpaired) electrons. The fourth-order valence-electron chi connectivity index (χ4n) is 1.82. The normalized spacial score (nSPS) is 11.7. The topological polar surface area (TPSA) is 37.0 Å². The van der Waals surface area contributed by atoms with E-state index in [1.165, 1.54) is 5.56 Å². The van der Waals surface area contributed by atoms with Gasteiger partial charge in [0.2, 0.25) is 0 Å². The lowest BCUT2D eigenvalue weighted by Crippen LogP contribution is -2.30. The highest BCUT2D eigenvalue weighted by Crippen LogP contribution is 2.12. The van der Waals surface area contributed by atoms with Crippen molar-refractivity contribution in [2.45, 2.75) is 19.9 Å². The standard InChI is InChI=1S/C15H17N3S/c1-11-4-3-5-14(10-11)18-15(19)17-12(2)13-6-8-16-9-7-13/h3-10,12H,1-2H3,(H2,17,18,19)/t12-/m0/s1. The van der Waals surface area contributed by atoms with E-state index in [1.807, 2.05) is 24.3 Å². The zero-order valence-electron chi connectivity index (χ0n) is 11.1. The molecule has 2 aromatic rings. The van der Waals surface area contributed by atoms with Crippen LogP contribution in [0.4, 0.5) is 5.69 Å². The van der Waals surface area contributed by atoms with Crippen molar-refractivity contribution >= 4 is 23.0 Å². The number of benzene rings is 1. The lowest BCUT2D eigenvalue weighted by Gasteiger charge is -2.17. The number of anilines is 1. The predicted octanol–water partition coefficient (Wildman–Crippen LogP) is 3.44. The fraction of sp³-hybridized carbons (Fsp3) is 0.200. The van der Waals surface area contributed by atoms with E-state index < -0.39 is 0 Å². The van der Waals surface area contributed by atoms with Gasteiger partial charge in [0.15, 0.2) is 5.11 Å². The van der Waals surface area contributed by atoms with E-state index in [-0.39, 0.29) is 6.04 Å². The van der Waals surface area contributed by atoms with E-state index >= 15 is 0 Å². The van der Waals surface area contributed by atoms with E-state index in [1.54, 1.807) is 12.4 Å². The monoisotopic (exact) mass is 271 g/mol. The van der Waals surface area contributed by atoms with Crippen LogP contribution in [0.3, 0.4) is 0 Å². The van der Waals surface area contributed by atoms with Gasteiger partial charge in [-0.2, -0.15) is 0 Å². The largest absolute Gasteiger partial charge is 0.356 e. The van der Waals surface area contributed by atoms with Gasteiger partial charge in [0.25, 0.3) is 0 Å². The Hall–Kier alpha value is -1.94. The molecule has 0 fully saturated rings. The molecule has 0 aliphatic carbocycles. The van der Waals surface area contributed by atoms with E-state index in [9.17, 15) is 0 Å². The molecule has 0 saturated heterocycles. The number of thiocarbonyl (C=S) groups is 1. The van der Waals surface area contributed by atoms with Crippen LogP contribution in [0.25, 0.3) is 0 Å². The first kappa shape index (κ1) is 13.5. The highest BCUT2D eigenvalue weighted by Gasteiger charge is 2.06. The summed E-state index contributed by atoms with van der Waals surface area (Å²) in [5.41, 5.74) is 3.36. The van der Waals surface area contributed by atoms with E-state index in [2.05, 4.69) is 41.6 Å². The minimum Gasteiger partial charge on any atom is -0.356 e. The van der Waals surface area contributed by atoms with Gasteiger partial charge < -0.3 is 10.6 Å². The summed E-state index contributed by atoms with van der Waals surface area (Å²) in [4.78, 5) is 4.01. The second kappa shape index (κ2) is 6.29. The number of hydrogen-bond donors (Lipinski definition) is 2. The van der Waals surface area contributed by atoms with E-state index in [4.69, 9.17) is 12.2 Å².